The van der Waals surface area contributed by atoms with Gasteiger partial charge in [0.1, 0.15) is 7.05 Å². The molecule has 0 radical (unpaired) electrons. The van der Waals surface area contributed by atoms with Gasteiger partial charge in [0.05, 0.1) is 12.3 Å². The molecule has 0 atom stereocenters. The first-order valence-corrected chi connectivity index (χ1v) is 10.6. The molecule has 0 aliphatic carbocycles. The molecule has 0 amide bonds. The summed E-state index contributed by atoms with van der Waals surface area (Å²) in [4.78, 5) is 2.01. The Kier molecular flexibility index (Phi) is 3.96. The molecule has 0 aromatic heterocycles. The quantitative estimate of drug-likeness (QED) is 0.400. The van der Waals surface area contributed by atoms with E-state index in [4.69, 9.17) is 6.85 Å². The predicted octanol–water partition coefficient (Wildman–Crippen LogP) is 6.67. The minimum atomic E-state index is -0.439. The van der Waals surface area contributed by atoms with E-state index in [-0.39, 0.29) is 35.0 Å². The Labute approximate surface area is 194 Å². The van der Waals surface area contributed by atoms with Crippen LogP contribution in [0.1, 0.15) is 45.7 Å². The smallest absolute Gasteiger partial charge is 0.209 e. The van der Waals surface area contributed by atoms with Gasteiger partial charge in [-0.15, -0.1) is 0 Å². The minimum Gasteiger partial charge on any atom is -0.347 e. The van der Waals surface area contributed by atoms with Gasteiger partial charge in [0.15, 0.2) is 5.71 Å². The second kappa shape index (κ2) is 7.85. The average Bonchev–Trinajstić information content (AvgIpc) is 3.17. The summed E-state index contributed by atoms with van der Waals surface area (Å²) in [6, 6.07) is 14.6. The van der Waals surface area contributed by atoms with Crippen molar-refractivity contribution in [2.45, 2.75) is 38.5 Å². The van der Waals surface area contributed by atoms with E-state index in [0.29, 0.717) is 0 Å². The number of fused-ring (bicyclic) bond motifs is 2. The molecule has 0 spiro atoms. The lowest BCUT2D eigenvalue weighted by Crippen LogP contribution is -2.26. The highest BCUT2D eigenvalue weighted by Crippen LogP contribution is 2.46. The monoisotopic (exact) mass is 414 g/mol. The van der Waals surface area contributed by atoms with Crippen molar-refractivity contribution in [2.75, 3.05) is 19.0 Å². The zero-order valence-electron chi connectivity index (χ0n) is 24.2. The molecule has 2 aliphatic heterocycles. The first-order valence-electron chi connectivity index (χ1n) is 13.1. The Morgan fingerprint density at radius 3 is 2.13 bits per heavy atom. The number of hydrogen-bond acceptors (Lipinski definition) is 1. The fourth-order valence-electron chi connectivity index (χ4n) is 4.83. The molecule has 2 aromatic carbocycles. The molecule has 0 saturated carbocycles. The SMILES string of the molecule is [2H]C(=CC1=[N+](C)c2ccccc2C1(C)C)C([2H])=C([2H])C([2H])=C([2H])C=C1N(C)c2ccccc2C1(C)C. The summed E-state index contributed by atoms with van der Waals surface area (Å²) in [6.45, 7) is 8.30. The first-order chi connectivity index (χ1) is 16.8. The van der Waals surface area contributed by atoms with Crippen LogP contribution in [-0.2, 0) is 10.8 Å². The van der Waals surface area contributed by atoms with E-state index in [0.717, 1.165) is 33.9 Å². The van der Waals surface area contributed by atoms with Gasteiger partial charge in [-0.1, -0.05) is 80.5 Å². The van der Waals surface area contributed by atoms with Crippen LogP contribution >= 0.6 is 0 Å². The molecule has 2 aromatic rings. The van der Waals surface area contributed by atoms with Crippen molar-refractivity contribution in [3.8, 4) is 0 Å². The normalized spacial score (nSPS) is 24.5. The number of anilines is 1. The van der Waals surface area contributed by atoms with E-state index in [1.807, 2.05) is 60.0 Å². The molecule has 0 saturated heterocycles. The van der Waals surface area contributed by atoms with Crippen molar-refractivity contribution < 1.29 is 11.4 Å². The van der Waals surface area contributed by atoms with Crippen molar-refractivity contribution in [3.05, 3.63) is 108 Å². The van der Waals surface area contributed by atoms with Crippen LogP contribution in [0.4, 0.5) is 11.4 Å². The summed E-state index contributed by atoms with van der Waals surface area (Å²) < 4.78 is 44.5. The number of likely N-dealkylation sites (N-methyl/N-ethyl adjacent to an activating group) is 1. The number of hydrogen-bond donors (Lipinski definition) is 0. The third-order valence-electron chi connectivity index (χ3n) is 6.57. The van der Waals surface area contributed by atoms with Gasteiger partial charge in [-0.2, -0.15) is 4.58 Å². The van der Waals surface area contributed by atoms with Crippen LogP contribution < -0.4 is 4.90 Å². The van der Waals surface area contributed by atoms with Crippen LogP contribution in [0.25, 0.3) is 0 Å². The lowest BCUT2D eigenvalue weighted by atomic mass is 9.81. The Bertz CT molecular complexity index is 1410. The molecular formula is C29H33N2+. The average molecular weight is 415 g/mol. The Morgan fingerprint density at radius 2 is 1.42 bits per heavy atom. The molecule has 2 nitrogen and oxygen atoms in total. The highest BCUT2D eigenvalue weighted by molar-refractivity contribution is 6.03. The van der Waals surface area contributed by atoms with E-state index < -0.39 is 6.05 Å². The fourth-order valence-corrected chi connectivity index (χ4v) is 4.83. The first kappa shape index (κ1) is 15.6. The van der Waals surface area contributed by atoms with Gasteiger partial charge in [-0.3, -0.25) is 0 Å². The molecule has 2 heterocycles. The van der Waals surface area contributed by atoms with Gasteiger partial charge < -0.3 is 4.90 Å². The zero-order valence-corrected chi connectivity index (χ0v) is 19.2. The maximum absolute atomic E-state index is 8.55. The van der Waals surface area contributed by atoms with Crippen molar-refractivity contribution >= 4 is 17.1 Å². The second-order valence-electron chi connectivity index (χ2n) is 9.13. The summed E-state index contributed by atoms with van der Waals surface area (Å²) >= 11 is 0. The zero-order chi connectivity index (χ0) is 26.6. The lowest BCUT2D eigenvalue weighted by molar-refractivity contribution is -0.401. The lowest BCUT2D eigenvalue weighted by Gasteiger charge is -2.23. The summed E-state index contributed by atoms with van der Waals surface area (Å²) in [6.07, 6.45) is 3.22. The van der Waals surface area contributed by atoms with Crippen molar-refractivity contribution in [3.63, 3.8) is 0 Å². The Morgan fingerprint density at radius 1 is 0.806 bits per heavy atom. The third kappa shape index (κ3) is 3.50. The molecule has 158 valence electrons. The van der Waals surface area contributed by atoms with Gasteiger partial charge in [0.25, 0.3) is 0 Å². The number of nitrogens with zero attached hydrogens (tertiary/aromatic N) is 2. The Hall–Kier alpha value is -3.13. The summed E-state index contributed by atoms with van der Waals surface area (Å²) in [5.41, 5.74) is 5.35. The van der Waals surface area contributed by atoms with Crippen molar-refractivity contribution in [1.29, 1.82) is 0 Å². The maximum atomic E-state index is 8.55. The summed E-state index contributed by atoms with van der Waals surface area (Å²) in [7, 11) is 3.87. The molecule has 4 rings (SSSR count). The van der Waals surface area contributed by atoms with Crippen LogP contribution in [0.3, 0.4) is 0 Å². The van der Waals surface area contributed by atoms with Crippen LogP contribution in [0, 0.1) is 0 Å². The van der Waals surface area contributed by atoms with Crippen LogP contribution in [0.2, 0.25) is 0 Å². The van der Waals surface area contributed by atoms with Gasteiger partial charge in [-0.05, 0) is 31.6 Å². The van der Waals surface area contributed by atoms with Gasteiger partial charge >= 0.3 is 0 Å². The van der Waals surface area contributed by atoms with E-state index >= 15 is 0 Å². The highest BCUT2D eigenvalue weighted by atomic mass is 15.2. The highest BCUT2D eigenvalue weighted by Gasteiger charge is 2.42. The van der Waals surface area contributed by atoms with Crippen LogP contribution in [0.5, 0.6) is 0 Å². The van der Waals surface area contributed by atoms with E-state index in [1.165, 1.54) is 0 Å². The minimum absolute atomic E-state index is 0.154. The number of allylic oxidation sites excluding steroid dienone is 8. The van der Waals surface area contributed by atoms with Gasteiger partial charge in [0.2, 0.25) is 5.69 Å². The number of rotatable bonds is 4. The molecular weight excluding hydrogens is 376 g/mol. The molecule has 31 heavy (non-hydrogen) atoms. The second-order valence-corrected chi connectivity index (χ2v) is 9.13. The molecule has 0 bridgehead atoms. The van der Waals surface area contributed by atoms with E-state index in [1.54, 1.807) is 12.2 Å². The fraction of sp³-hybridized carbons (Fsp3) is 0.276. The topological polar surface area (TPSA) is 6.25 Å². The van der Waals surface area contributed by atoms with E-state index in [9.17, 15) is 0 Å². The number of benzene rings is 2. The largest absolute Gasteiger partial charge is 0.347 e. The maximum Gasteiger partial charge on any atom is 0.209 e. The van der Waals surface area contributed by atoms with Gasteiger partial charge in [0, 0.05) is 41.6 Å². The van der Waals surface area contributed by atoms with Crippen LogP contribution in [0.15, 0.2) is 96.6 Å². The summed E-state index contributed by atoms with van der Waals surface area (Å²) in [5.74, 6) is 0. The van der Waals surface area contributed by atoms with Crippen molar-refractivity contribution in [1.82, 2.24) is 0 Å². The molecule has 2 aliphatic rings. The van der Waals surface area contributed by atoms with Crippen molar-refractivity contribution in [2.24, 2.45) is 0 Å². The van der Waals surface area contributed by atoms with E-state index in [2.05, 4.69) is 39.8 Å². The third-order valence-corrected chi connectivity index (χ3v) is 6.57. The molecule has 0 unspecified atom stereocenters. The standard InChI is InChI=1S/C29H33N2/c1-28(2)22-16-12-14-18-24(22)30(5)26(28)20-10-8-7-9-11-21-27-29(3,4)23-17-13-15-19-25(23)31(27)6/h7-21H,1-6H3/q+1/i7D,8D,9D,10D,11D. The molecule has 0 fully saturated rings. The van der Waals surface area contributed by atoms with Gasteiger partial charge in [-0.25, -0.2) is 0 Å². The van der Waals surface area contributed by atoms with Crippen LogP contribution in [-0.4, -0.2) is 24.4 Å². The predicted molar refractivity (Wildman–Crippen MR) is 134 cm³/mol. The molecule has 2 heteroatoms. The molecule has 0 N–H and O–H groups in total. The Balaban J connectivity index is 1.71. The summed E-state index contributed by atoms with van der Waals surface area (Å²) in [5, 5.41) is 0. The number of para-hydroxylation sites is 2.